The number of nitrogens with zero attached hydrogens (tertiary/aromatic N) is 7. The third-order valence-electron chi connectivity index (χ3n) is 12.3. The summed E-state index contributed by atoms with van der Waals surface area (Å²) in [5.41, 5.74) is 5.11. The van der Waals surface area contributed by atoms with Crippen LogP contribution in [0.15, 0.2) is 112 Å². The van der Waals surface area contributed by atoms with Gasteiger partial charge in [-0.2, -0.15) is 0 Å². The molecule has 7 saturated heterocycles. The number of hydrogen-bond acceptors (Lipinski definition) is 11. The van der Waals surface area contributed by atoms with Crippen LogP contribution in [-0.4, -0.2) is 182 Å². The number of ether oxygens (including phenoxy) is 3. The molecule has 7 aliphatic heterocycles. The molecular formula is C57H93N7O8. The molecule has 15 heteroatoms. The lowest BCUT2D eigenvalue weighted by Gasteiger charge is -2.26. The lowest BCUT2D eigenvalue weighted by molar-refractivity contribution is -0.139. The maximum atomic E-state index is 11.1. The number of esters is 1. The van der Waals surface area contributed by atoms with E-state index in [2.05, 4.69) is 80.8 Å². The van der Waals surface area contributed by atoms with Crippen LogP contribution >= 0.6 is 0 Å². The Morgan fingerprint density at radius 1 is 0.597 bits per heavy atom. The van der Waals surface area contributed by atoms with Crippen molar-refractivity contribution in [2.24, 2.45) is 0 Å². The summed E-state index contributed by atoms with van der Waals surface area (Å²) in [5, 5.41) is 0. The van der Waals surface area contributed by atoms with Crippen LogP contribution in [0.4, 0.5) is 0 Å². The van der Waals surface area contributed by atoms with Crippen LogP contribution in [0.2, 0.25) is 0 Å². The van der Waals surface area contributed by atoms with Crippen molar-refractivity contribution in [3.8, 4) is 0 Å². The maximum absolute atomic E-state index is 11.1. The standard InChI is InChI=1S/C10H17NO3.C9H15NO.C9H15N.C8H13NO.C7H11NO2.C7H11NO.C7H11N/c1-9(2)10(12)14-8-5-11-3-6-13-7-4-11;1-3-8(2)7-10-6-4-5-9(10)11;1-3-10-8-6-4-5-7-9(10)2;1-7(2)6-9-5-3-4-8(9)10;1-2-7(9)8-3-5-10-6-4-8;1-2-5-8-6-3-4-7(8)9;1-3-8-6-4-5-7(8)2/h1,3-8H2,2H3;2-7H2,1H3;3H,1-2,4-8H2;1,3-6H2,2H3;2H,1,3-6H2;2H,1,3-6H2;3H,1-2,4-6H2. The Labute approximate surface area is 434 Å². The number of amides is 4. The fourth-order valence-corrected chi connectivity index (χ4v) is 7.92. The van der Waals surface area contributed by atoms with E-state index in [1.807, 2.05) is 34.0 Å². The van der Waals surface area contributed by atoms with Crippen molar-refractivity contribution in [2.75, 3.05) is 118 Å². The summed E-state index contributed by atoms with van der Waals surface area (Å²) >= 11 is 0. The van der Waals surface area contributed by atoms with Gasteiger partial charge in [-0.15, -0.1) is 6.58 Å². The third kappa shape index (κ3) is 28.5. The quantitative estimate of drug-likeness (QED) is 0.0946. The molecule has 7 heterocycles. The highest BCUT2D eigenvalue weighted by Gasteiger charge is 2.21. The van der Waals surface area contributed by atoms with Crippen molar-refractivity contribution in [3.63, 3.8) is 0 Å². The van der Waals surface area contributed by atoms with Gasteiger partial charge < -0.3 is 43.6 Å². The van der Waals surface area contributed by atoms with Crippen LogP contribution in [0.3, 0.4) is 0 Å². The zero-order chi connectivity index (χ0) is 53.7. The highest BCUT2D eigenvalue weighted by Crippen LogP contribution is 2.19. The van der Waals surface area contributed by atoms with E-state index >= 15 is 0 Å². The maximum Gasteiger partial charge on any atom is 0.333 e. The summed E-state index contributed by atoms with van der Waals surface area (Å²) in [7, 11) is 0. The first-order valence-electron chi connectivity index (χ1n) is 26.0. The molecule has 7 rings (SSSR count). The molecule has 0 spiro atoms. The number of carbonyl (C=O) groups is 5. The van der Waals surface area contributed by atoms with Gasteiger partial charge in [0.2, 0.25) is 23.6 Å². The molecule has 0 aromatic carbocycles. The molecule has 0 bridgehead atoms. The molecule has 0 unspecified atom stereocenters. The molecule has 0 saturated carbocycles. The molecule has 0 aromatic heterocycles. The summed E-state index contributed by atoms with van der Waals surface area (Å²) < 4.78 is 15.3. The second-order valence-corrected chi connectivity index (χ2v) is 18.4. The van der Waals surface area contributed by atoms with E-state index in [4.69, 9.17) is 14.2 Å². The minimum atomic E-state index is -0.307. The lowest BCUT2D eigenvalue weighted by Crippen LogP contribution is -2.39. The molecule has 0 aliphatic carbocycles. The van der Waals surface area contributed by atoms with Gasteiger partial charge in [-0.3, -0.25) is 24.1 Å². The second-order valence-electron chi connectivity index (χ2n) is 18.4. The predicted molar refractivity (Wildman–Crippen MR) is 292 cm³/mol. The van der Waals surface area contributed by atoms with Crippen molar-refractivity contribution in [1.29, 1.82) is 0 Å². The summed E-state index contributed by atoms with van der Waals surface area (Å²) in [4.78, 5) is 68.7. The van der Waals surface area contributed by atoms with Crippen LogP contribution in [0.1, 0.15) is 104 Å². The van der Waals surface area contributed by atoms with Gasteiger partial charge in [-0.25, -0.2) is 4.79 Å². The Bertz CT molecular complexity index is 1780. The average molecular weight is 1000 g/mol. The monoisotopic (exact) mass is 1000 g/mol. The summed E-state index contributed by atoms with van der Waals surface area (Å²) in [5.74, 6) is 0.541. The molecule has 7 aliphatic rings. The largest absolute Gasteiger partial charge is 0.461 e. The number of allylic oxidation sites excluding steroid dienone is 2. The van der Waals surface area contributed by atoms with Crippen molar-refractivity contribution in [1.82, 2.24) is 34.3 Å². The second kappa shape index (κ2) is 39.1. The van der Waals surface area contributed by atoms with E-state index in [0.717, 1.165) is 154 Å². The summed E-state index contributed by atoms with van der Waals surface area (Å²) in [6, 6.07) is 0. The molecule has 72 heavy (non-hydrogen) atoms. The van der Waals surface area contributed by atoms with Crippen molar-refractivity contribution in [2.45, 2.75) is 104 Å². The van der Waals surface area contributed by atoms with Gasteiger partial charge in [0.1, 0.15) is 6.61 Å². The fraction of sp³-hybridized carbons (Fsp3) is 0.596. The Morgan fingerprint density at radius 2 is 1.07 bits per heavy atom. The van der Waals surface area contributed by atoms with Crippen LogP contribution < -0.4 is 0 Å². The van der Waals surface area contributed by atoms with Crippen LogP contribution in [0.25, 0.3) is 0 Å². The Hall–Kier alpha value is -5.51. The highest BCUT2D eigenvalue weighted by atomic mass is 16.5. The van der Waals surface area contributed by atoms with Crippen molar-refractivity contribution < 1.29 is 38.2 Å². The van der Waals surface area contributed by atoms with Gasteiger partial charge in [0.05, 0.1) is 26.4 Å². The Balaban J connectivity index is 0.000000422. The lowest BCUT2D eigenvalue weighted by atomic mass is 10.2. The predicted octanol–water partition coefficient (Wildman–Crippen LogP) is 8.28. The zero-order valence-electron chi connectivity index (χ0n) is 45.0. The number of rotatable bonds is 14. The molecular weight excluding hydrogens is 911 g/mol. The first-order chi connectivity index (χ1) is 34.5. The molecule has 404 valence electrons. The fourth-order valence-electron chi connectivity index (χ4n) is 7.92. The molecule has 0 radical (unpaired) electrons. The minimum Gasteiger partial charge on any atom is -0.461 e. The highest BCUT2D eigenvalue weighted by molar-refractivity contribution is 5.87. The van der Waals surface area contributed by atoms with E-state index in [1.165, 1.54) is 43.2 Å². The molecule has 0 N–H and O–H groups in total. The van der Waals surface area contributed by atoms with Crippen molar-refractivity contribution in [3.05, 3.63) is 112 Å². The molecule has 0 aromatic rings. The first-order valence-corrected chi connectivity index (χ1v) is 26.0. The van der Waals surface area contributed by atoms with Crippen molar-refractivity contribution >= 4 is 29.6 Å². The average Bonchev–Trinajstić information content (AvgIpc) is 4.18. The number of carbonyl (C=O) groups excluding carboxylic acids is 5. The number of likely N-dealkylation sites (tertiary alicyclic amines) is 5. The van der Waals surface area contributed by atoms with E-state index < -0.39 is 0 Å². The SMILES string of the molecule is C=C(C)C(=O)OCCN1CCOCC1.C=C(C)CN1CCCC1=O.C=C(CC)CN1CCCC1=O.C=CC(=O)N1CCOCC1.C=CCN1CCCC1=O.C=CN1CCCC1=C.C=CN1CCCCCC1=C. The van der Waals surface area contributed by atoms with Gasteiger partial charge in [-0.1, -0.05) is 83.2 Å². The van der Waals surface area contributed by atoms with Crippen LogP contribution in [0, 0.1) is 0 Å². The van der Waals surface area contributed by atoms with Crippen LogP contribution in [-0.2, 0) is 38.2 Å². The van der Waals surface area contributed by atoms with E-state index in [1.54, 1.807) is 17.9 Å². The van der Waals surface area contributed by atoms with Gasteiger partial charge in [0.25, 0.3) is 0 Å². The zero-order valence-corrected chi connectivity index (χ0v) is 45.0. The molecule has 15 nitrogen and oxygen atoms in total. The smallest absolute Gasteiger partial charge is 0.333 e. The van der Waals surface area contributed by atoms with Gasteiger partial charge >= 0.3 is 5.97 Å². The molecule has 4 amide bonds. The van der Waals surface area contributed by atoms with Gasteiger partial charge in [-0.05, 0) is 90.1 Å². The summed E-state index contributed by atoms with van der Waals surface area (Å²) in [6.45, 7) is 53.6. The minimum absolute atomic E-state index is 0.00306. The number of hydrogen-bond donors (Lipinski definition) is 0. The normalized spacial score (nSPS) is 18.6. The molecule has 7 fully saturated rings. The van der Waals surface area contributed by atoms with E-state index in [0.29, 0.717) is 44.4 Å². The van der Waals surface area contributed by atoms with Crippen LogP contribution in [0.5, 0.6) is 0 Å². The number of morpholine rings is 2. The Kier molecular flexibility index (Phi) is 35.0. The van der Waals surface area contributed by atoms with E-state index in [-0.39, 0.29) is 23.7 Å². The molecule has 0 atom stereocenters. The first kappa shape index (κ1) is 64.5. The topological polar surface area (TPSA) is 136 Å². The summed E-state index contributed by atoms with van der Waals surface area (Å²) in [6.07, 6.45) is 20.5. The Morgan fingerprint density at radius 3 is 1.49 bits per heavy atom. The van der Waals surface area contributed by atoms with Gasteiger partial charge in [0.15, 0.2) is 0 Å². The van der Waals surface area contributed by atoms with E-state index in [9.17, 15) is 24.0 Å². The van der Waals surface area contributed by atoms with Gasteiger partial charge in [0, 0.05) is 121 Å². The third-order valence-corrected chi connectivity index (χ3v) is 12.3.